The van der Waals surface area contributed by atoms with Gasteiger partial charge in [0, 0.05) is 27.8 Å². The highest BCUT2D eigenvalue weighted by molar-refractivity contribution is 9.10. The fraction of sp³-hybridized carbons (Fsp3) is 0.211. The molecule has 2 aromatic carbocycles. The van der Waals surface area contributed by atoms with Crippen LogP contribution in [0.15, 0.2) is 53.0 Å². The van der Waals surface area contributed by atoms with E-state index in [0.717, 1.165) is 17.3 Å². The van der Waals surface area contributed by atoms with Gasteiger partial charge < -0.3 is 16.4 Å². The van der Waals surface area contributed by atoms with Crippen molar-refractivity contribution in [3.63, 3.8) is 0 Å². The molecule has 8 heteroatoms. The minimum Gasteiger partial charge on any atom is -0.332 e. The lowest BCUT2D eigenvalue weighted by Crippen LogP contribution is -2.34. The Hall–Kier alpha value is -2.29. The summed E-state index contributed by atoms with van der Waals surface area (Å²) in [5, 5.41) is 8.59. The van der Waals surface area contributed by atoms with Gasteiger partial charge >= 0.3 is 0 Å². The van der Waals surface area contributed by atoms with Crippen molar-refractivity contribution in [2.75, 3.05) is 17.2 Å². The van der Waals surface area contributed by atoms with Crippen LogP contribution in [0.3, 0.4) is 0 Å². The molecule has 0 aliphatic carbocycles. The van der Waals surface area contributed by atoms with E-state index in [1.165, 1.54) is 0 Å². The molecule has 0 aliphatic rings. The SMILES string of the molecule is NCCCCC(=O)Nc1ccc(NC(=S)NC(=O)c2ccc(Br)cc2)cc1. The first-order valence-electron chi connectivity index (χ1n) is 8.46. The normalized spacial score (nSPS) is 10.1. The molecule has 2 rings (SSSR count). The van der Waals surface area contributed by atoms with Gasteiger partial charge in [-0.1, -0.05) is 15.9 Å². The summed E-state index contributed by atoms with van der Waals surface area (Å²) in [5.41, 5.74) is 7.33. The van der Waals surface area contributed by atoms with Gasteiger partial charge in [0.25, 0.3) is 5.91 Å². The number of halogens is 1. The van der Waals surface area contributed by atoms with Crippen LogP contribution < -0.4 is 21.7 Å². The monoisotopic (exact) mass is 448 g/mol. The van der Waals surface area contributed by atoms with E-state index in [1.807, 2.05) is 0 Å². The number of anilines is 2. The smallest absolute Gasteiger partial charge is 0.257 e. The van der Waals surface area contributed by atoms with E-state index < -0.39 is 0 Å². The highest BCUT2D eigenvalue weighted by Crippen LogP contribution is 2.14. The van der Waals surface area contributed by atoms with Gasteiger partial charge in [-0.3, -0.25) is 14.9 Å². The van der Waals surface area contributed by atoms with E-state index >= 15 is 0 Å². The van der Waals surface area contributed by atoms with Crippen LogP contribution in [0.25, 0.3) is 0 Å². The molecule has 0 radical (unpaired) electrons. The topological polar surface area (TPSA) is 96.2 Å². The van der Waals surface area contributed by atoms with Crippen LogP contribution in [-0.2, 0) is 4.79 Å². The van der Waals surface area contributed by atoms with E-state index in [-0.39, 0.29) is 16.9 Å². The number of nitrogens with two attached hydrogens (primary N) is 1. The van der Waals surface area contributed by atoms with Gasteiger partial charge in [-0.2, -0.15) is 0 Å². The van der Waals surface area contributed by atoms with Crippen LogP contribution in [-0.4, -0.2) is 23.5 Å². The molecular formula is C19H21BrN4O2S. The third-order valence-corrected chi connectivity index (χ3v) is 4.35. The van der Waals surface area contributed by atoms with Crippen molar-refractivity contribution in [1.82, 2.24) is 5.32 Å². The molecule has 0 atom stereocenters. The number of nitrogens with one attached hydrogen (secondary N) is 3. The Morgan fingerprint density at radius 3 is 2.11 bits per heavy atom. The summed E-state index contributed by atoms with van der Waals surface area (Å²) in [4.78, 5) is 23.9. The predicted octanol–water partition coefficient (Wildman–Crippen LogP) is 3.64. The van der Waals surface area contributed by atoms with Crippen molar-refractivity contribution in [1.29, 1.82) is 0 Å². The molecule has 2 aromatic rings. The molecule has 0 unspecified atom stereocenters. The maximum atomic E-state index is 12.1. The predicted molar refractivity (Wildman–Crippen MR) is 116 cm³/mol. The Labute approximate surface area is 172 Å². The molecule has 0 saturated carbocycles. The maximum Gasteiger partial charge on any atom is 0.257 e. The van der Waals surface area contributed by atoms with Gasteiger partial charge in [0.2, 0.25) is 5.91 Å². The third-order valence-electron chi connectivity index (χ3n) is 3.62. The first-order chi connectivity index (χ1) is 13.0. The fourth-order valence-corrected chi connectivity index (χ4v) is 2.70. The van der Waals surface area contributed by atoms with Gasteiger partial charge in [-0.15, -0.1) is 0 Å². The van der Waals surface area contributed by atoms with Gasteiger partial charge in [0.15, 0.2) is 5.11 Å². The molecule has 0 fully saturated rings. The summed E-state index contributed by atoms with van der Waals surface area (Å²) < 4.78 is 0.895. The van der Waals surface area contributed by atoms with Crippen molar-refractivity contribution < 1.29 is 9.59 Å². The molecule has 5 N–H and O–H groups in total. The standard InChI is InChI=1S/C19H21BrN4O2S/c20-14-6-4-13(5-7-14)18(26)24-19(27)23-16-10-8-15(9-11-16)22-17(25)3-1-2-12-21/h4-11H,1-3,12,21H2,(H,22,25)(H2,23,24,26,27). The Balaban J connectivity index is 1.82. The molecule has 0 bridgehead atoms. The highest BCUT2D eigenvalue weighted by atomic mass is 79.9. The number of benzene rings is 2. The van der Waals surface area contributed by atoms with Crippen molar-refractivity contribution in [3.05, 3.63) is 58.6 Å². The second-order valence-electron chi connectivity index (χ2n) is 5.79. The van der Waals surface area contributed by atoms with Crippen molar-refractivity contribution in [2.45, 2.75) is 19.3 Å². The summed E-state index contributed by atoms with van der Waals surface area (Å²) in [6.07, 6.45) is 2.05. The fourth-order valence-electron chi connectivity index (χ4n) is 2.23. The second-order valence-corrected chi connectivity index (χ2v) is 7.11. The molecule has 0 aliphatic heterocycles. The van der Waals surface area contributed by atoms with E-state index in [4.69, 9.17) is 18.0 Å². The van der Waals surface area contributed by atoms with E-state index in [2.05, 4.69) is 31.9 Å². The maximum absolute atomic E-state index is 12.1. The van der Waals surface area contributed by atoms with Gasteiger partial charge in [0.1, 0.15) is 0 Å². The van der Waals surface area contributed by atoms with Crippen molar-refractivity contribution >= 4 is 56.4 Å². The third kappa shape index (κ3) is 7.46. The zero-order valence-electron chi connectivity index (χ0n) is 14.6. The summed E-state index contributed by atoms with van der Waals surface area (Å²) in [6, 6.07) is 14.1. The zero-order chi connectivity index (χ0) is 19.6. The van der Waals surface area contributed by atoms with Crippen LogP contribution in [0.2, 0.25) is 0 Å². The Bertz CT molecular complexity index is 794. The number of carbonyl (C=O) groups excluding carboxylic acids is 2. The number of carbonyl (C=O) groups is 2. The van der Waals surface area contributed by atoms with Crippen molar-refractivity contribution in [3.8, 4) is 0 Å². The van der Waals surface area contributed by atoms with Gasteiger partial charge in [-0.25, -0.2) is 0 Å². The molecule has 0 spiro atoms. The quantitative estimate of drug-likeness (QED) is 0.382. The zero-order valence-corrected chi connectivity index (χ0v) is 17.0. The number of hydrogen-bond acceptors (Lipinski definition) is 4. The van der Waals surface area contributed by atoms with E-state index in [9.17, 15) is 9.59 Å². The molecule has 6 nitrogen and oxygen atoms in total. The number of unbranched alkanes of at least 4 members (excludes halogenated alkanes) is 1. The molecule has 0 aromatic heterocycles. The van der Waals surface area contributed by atoms with Gasteiger partial charge in [0.05, 0.1) is 0 Å². The Morgan fingerprint density at radius 1 is 0.926 bits per heavy atom. The minimum atomic E-state index is -0.290. The van der Waals surface area contributed by atoms with E-state index in [0.29, 0.717) is 29.9 Å². The average Bonchev–Trinajstić information content (AvgIpc) is 2.64. The number of amides is 2. The summed E-state index contributed by atoms with van der Waals surface area (Å²) >= 11 is 8.49. The summed E-state index contributed by atoms with van der Waals surface area (Å²) in [7, 11) is 0. The lowest BCUT2D eigenvalue weighted by Gasteiger charge is -2.11. The molecule has 27 heavy (non-hydrogen) atoms. The molecular weight excluding hydrogens is 428 g/mol. The highest BCUT2D eigenvalue weighted by Gasteiger charge is 2.08. The lowest BCUT2D eigenvalue weighted by atomic mass is 10.2. The first kappa shape index (κ1) is 21.0. The lowest BCUT2D eigenvalue weighted by molar-refractivity contribution is -0.116. The molecule has 0 saturated heterocycles. The Kier molecular flexibility index (Phi) is 8.38. The summed E-state index contributed by atoms with van der Waals surface area (Å²) in [6.45, 7) is 0.589. The second kappa shape index (κ2) is 10.8. The van der Waals surface area contributed by atoms with Crippen LogP contribution in [0, 0.1) is 0 Å². The number of rotatable bonds is 7. The largest absolute Gasteiger partial charge is 0.332 e. The van der Waals surface area contributed by atoms with Crippen LogP contribution >= 0.6 is 28.1 Å². The molecule has 2 amide bonds. The van der Waals surface area contributed by atoms with Crippen LogP contribution in [0.1, 0.15) is 29.6 Å². The molecule has 0 heterocycles. The molecule has 142 valence electrons. The number of thiocarbonyl (C=S) groups is 1. The first-order valence-corrected chi connectivity index (χ1v) is 9.66. The average molecular weight is 449 g/mol. The minimum absolute atomic E-state index is 0.0403. The van der Waals surface area contributed by atoms with Crippen molar-refractivity contribution in [2.24, 2.45) is 5.73 Å². The van der Waals surface area contributed by atoms with Gasteiger partial charge in [-0.05, 0) is 80.1 Å². The number of hydrogen-bond donors (Lipinski definition) is 4. The summed E-state index contributed by atoms with van der Waals surface area (Å²) in [5.74, 6) is -0.331. The van der Waals surface area contributed by atoms with E-state index in [1.54, 1.807) is 48.5 Å². The van der Waals surface area contributed by atoms with Crippen LogP contribution in [0.5, 0.6) is 0 Å². The van der Waals surface area contributed by atoms with Crippen LogP contribution in [0.4, 0.5) is 11.4 Å². The Morgan fingerprint density at radius 2 is 1.52 bits per heavy atom.